The minimum absolute atomic E-state index is 0.207. The molecule has 1 aromatic heterocycles. The van der Waals surface area contributed by atoms with Crippen molar-refractivity contribution in [2.45, 2.75) is 44.8 Å². The molecule has 1 N–H and O–H groups in total. The lowest BCUT2D eigenvalue weighted by atomic mass is 10.0. The summed E-state index contributed by atoms with van der Waals surface area (Å²) in [6.07, 6.45) is 4.56. The summed E-state index contributed by atoms with van der Waals surface area (Å²) in [6, 6.07) is 13.5. The van der Waals surface area contributed by atoms with Gasteiger partial charge in [-0.05, 0) is 73.6 Å². The Morgan fingerprint density at radius 3 is 2.57 bits per heavy atom. The van der Waals surface area contributed by atoms with Gasteiger partial charge in [0.1, 0.15) is 0 Å². The highest BCUT2D eigenvalue weighted by molar-refractivity contribution is 6.07. The maximum absolute atomic E-state index is 13.4. The highest BCUT2D eigenvalue weighted by atomic mass is 16.5. The van der Waals surface area contributed by atoms with Crippen molar-refractivity contribution < 1.29 is 23.8 Å². The number of amides is 1. The van der Waals surface area contributed by atoms with Crippen LogP contribution in [0, 0.1) is 0 Å². The quantitative estimate of drug-likeness (QED) is 0.507. The molecule has 180 valence electrons. The molecule has 0 aliphatic heterocycles. The van der Waals surface area contributed by atoms with Crippen LogP contribution in [-0.2, 0) is 16.0 Å². The van der Waals surface area contributed by atoms with Gasteiger partial charge in [0.05, 0.1) is 31.0 Å². The normalized spacial score (nSPS) is 16.6. The molecule has 35 heavy (non-hydrogen) atoms. The Labute approximate surface area is 204 Å². The van der Waals surface area contributed by atoms with Crippen LogP contribution in [-0.4, -0.2) is 43.2 Å². The number of aromatic nitrogens is 1. The van der Waals surface area contributed by atoms with Gasteiger partial charge in [-0.15, -0.1) is 0 Å². The molecule has 7 heteroatoms. The van der Waals surface area contributed by atoms with Crippen molar-refractivity contribution in [2.75, 3.05) is 14.2 Å². The minimum atomic E-state index is -0.867. The van der Waals surface area contributed by atoms with Gasteiger partial charge >= 0.3 is 5.97 Å². The number of nitrogens with one attached hydrogen (secondary N) is 1. The number of hydrogen-bond acceptors (Lipinski definition) is 6. The van der Waals surface area contributed by atoms with E-state index in [0.717, 1.165) is 47.0 Å². The molecule has 7 nitrogen and oxygen atoms in total. The maximum Gasteiger partial charge on any atom is 0.339 e. The number of carbonyl (C=O) groups excluding carboxylic acids is 2. The number of ether oxygens (including phenoxy) is 3. The Bertz CT molecular complexity index is 1340. The van der Waals surface area contributed by atoms with Crippen molar-refractivity contribution >= 4 is 34.4 Å². The molecular formula is C28H28N2O5. The van der Waals surface area contributed by atoms with Gasteiger partial charge in [-0.25, -0.2) is 9.78 Å². The third-order valence-corrected chi connectivity index (χ3v) is 6.47. The summed E-state index contributed by atoms with van der Waals surface area (Å²) in [5.74, 6) is 0.556. The summed E-state index contributed by atoms with van der Waals surface area (Å²) in [5.41, 5.74) is 4.85. The molecule has 0 bridgehead atoms. The van der Waals surface area contributed by atoms with E-state index < -0.39 is 12.1 Å². The first-order chi connectivity index (χ1) is 17.0. The van der Waals surface area contributed by atoms with E-state index in [2.05, 4.69) is 11.4 Å². The van der Waals surface area contributed by atoms with Crippen molar-refractivity contribution in [1.29, 1.82) is 0 Å². The fraction of sp³-hybridized carbons (Fsp3) is 0.321. The fourth-order valence-corrected chi connectivity index (χ4v) is 4.48. The number of esters is 1. The summed E-state index contributed by atoms with van der Waals surface area (Å²) in [6.45, 7) is 1.61. The van der Waals surface area contributed by atoms with Crippen molar-refractivity contribution in [3.63, 3.8) is 0 Å². The van der Waals surface area contributed by atoms with Crippen LogP contribution in [0.5, 0.6) is 11.5 Å². The highest BCUT2D eigenvalue weighted by Gasteiger charge is 2.31. The zero-order valence-corrected chi connectivity index (χ0v) is 20.1. The van der Waals surface area contributed by atoms with E-state index in [4.69, 9.17) is 19.2 Å². The Morgan fingerprint density at radius 2 is 1.83 bits per heavy atom. The average molecular weight is 473 g/mol. The second-order valence-electron chi connectivity index (χ2n) is 8.95. The number of rotatable bonds is 7. The van der Waals surface area contributed by atoms with Crippen LogP contribution in [0.4, 0.5) is 0 Å². The van der Waals surface area contributed by atoms with Gasteiger partial charge < -0.3 is 19.5 Å². The summed E-state index contributed by atoms with van der Waals surface area (Å²) in [5, 5.41) is 3.63. The molecule has 0 saturated heterocycles. The molecule has 1 unspecified atom stereocenters. The van der Waals surface area contributed by atoms with Crippen molar-refractivity contribution in [1.82, 2.24) is 10.3 Å². The largest absolute Gasteiger partial charge is 0.493 e. The van der Waals surface area contributed by atoms with Crippen LogP contribution >= 0.6 is 0 Å². The summed E-state index contributed by atoms with van der Waals surface area (Å²) in [4.78, 5) is 30.7. The van der Waals surface area contributed by atoms with E-state index in [1.165, 1.54) is 0 Å². The molecule has 3 aromatic rings. The Kier molecular flexibility index (Phi) is 6.16. The summed E-state index contributed by atoms with van der Waals surface area (Å²) in [7, 11) is 3.21. The number of allylic oxidation sites excluding steroid dienone is 1. The van der Waals surface area contributed by atoms with Gasteiger partial charge in [0, 0.05) is 11.4 Å². The van der Waals surface area contributed by atoms with E-state index in [0.29, 0.717) is 29.0 Å². The molecule has 0 spiro atoms. The number of carbonyl (C=O) groups is 2. The van der Waals surface area contributed by atoms with Gasteiger partial charge in [-0.3, -0.25) is 4.79 Å². The lowest BCUT2D eigenvalue weighted by Crippen LogP contribution is -2.37. The van der Waals surface area contributed by atoms with E-state index in [-0.39, 0.29) is 11.9 Å². The lowest BCUT2D eigenvalue weighted by Gasteiger charge is -2.16. The fourth-order valence-electron chi connectivity index (χ4n) is 4.48. The second-order valence-corrected chi connectivity index (χ2v) is 8.95. The van der Waals surface area contributed by atoms with Gasteiger partial charge in [-0.2, -0.15) is 0 Å². The van der Waals surface area contributed by atoms with Crippen molar-refractivity contribution in [3.8, 4) is 11.5 Å². The first kappa shape index (κ1) is 22.9. The predicted molar refractivity (Wildman–Crippen MR) is 134 cm³/mol. The molecular weight excluding hydrogens is 444 g/mol. The van der Waals surface area contributed by atoms with Crippen LogP contribution in [0.15, 0.2) is 42.5 Å². The monoisotopic (exact) mass is 472 g/mol. The topological polar surface area (TPSA) is 86.8 Å². The molecule has 2 aliphatic rings. The molecule has 1 saturated carbocycles. The SMILES string of the molecule is COc1ccc(/C=C2/CCc3c2nc2ccccc2c3C(=O)OC(C)C(=O)NC2CC2)cc1OC. The van der Waals surface area contributed by atoms with Crippen LogP contribution in [0.25, 0.3) is 22.6 Å². The van der Waals surface area contributed by atoms with E-state index in [9.17, 15) is 9.59 Å². The average Bonchev–Trinajstić information content (AvgIpc) is 3.61. The Hall–Kier alpha value is -3.87. The Balaban J connectivity index is 1.52. The molecule has 2 aliphatic carbocycles. The standard InChI is InChI=1S/C28H28N2O5/c1-16(27(31)29-19-10-11-19)35-28(32)25-20-6-4-5-7-22(20)30-26-18(9-12-21(25)26)14-17-8-13-23(33-2)24(15-17)34-3/h4-8,13-16,19H,9-12H2,1-3H3,(H,29,31)/b18-14-. The van der Waals surface area contributed by atoms with Gasteiger partial charge in [0.15, 0.2) is 17.6 Å². The van der Waals surface area contributed by atoms with E-state index >= 15 is 0 Å². The molecule has 0 radical (unpaired) electrons. The lowest BCUT2D eigenvalue weighted by molar-refractivity contribution is -0.129. The first-order valence-corrected chi connectivity index (χ1v) is 11.8. The van der Waals surface area contributed by atoms with E-state index in [1.54, 1.807) is 21.1 Å². The predicted octanol–water partition coefficient (Wildman–Crippen LogP) is 4.56. The molecule has 1 amide bonds. The molecule has 2 aromatic carbocycles. The third-order valence-electron chi connectivity index (χ3n) is 6.47. The van der Waals surface area contributed by atoms with Crippen molar-refractivity contribution in [2.24, 2.45) is 0 Å². The summed E-state index contributed by atoms with van der Waals surface area (Å²) < 4.78 is 16.4. The number of pyridine rings is 1. The smallest absolute Gasteiger partial charge is 0.339 e. The number of benzene rings is 2. The summed E-state index contributed by atoms with van der Waals surface area (Å²) >= 11 is 0. The minimum Gasteiger partial charge on any atom is -0.493 e. The van der Waals surface area contributed by atoms with Crippen molar-refractivity contribution in [3.05, 3.63) is 64.8 Å². The number of para-hydroxylation sites is 1. The Morgan fingerprint density at radius 1 is 1.06 bits per heavy atom. The zero-order chi connectivity index (χ0) is 24.5. The molecule has 1 fully saturated rings. The third kappa shape index (κ3) is 4.58. The van der Waals surface area contributed by atoms with Gasteiger partial charge in [0.25, 0.3) is 5.91 Å². The van der Waals surface area contributed by atoms with Gasteiger partial charge in [-0.1, -0.05) is 24.3 Å². The first-order valence-electron chi connectivity index (χ1n) is 11.8. The molecule has 5 rings (SSSR count). The number of nitrogens with zero attached hydrogens (tertiary/aromatic N) is 1. The van der Waals surface area contributed by atoms with E-state index in [1.807, 2.05) is 42.5 Å². The number of hydrogen-bond donors (Lipinski definition) is 1. The van der Waals surface area contributed by atoms with Crippen LogP contribution in [0.1, 0.15) is 53.4 Å². The van der Waals surface area contributed by atoms with Crippen LogP contribution in [0.3, 0.4) is 0 Å². The van der Waals surface area contributed by atoms with Crippen LogP contribution < -0.4 is 14.8 Å². The second kappa shape index (κ2) is 9.41. The number of fused-ring (bicyclic) bond motifs is 2. The molecule has 1 heterocycles. The maximum atomic E-state index is 13.4. The van der Waals surface area contributed by atoms with Gasteiger partial charge in [0.2, 0.25) is 0 Å². The highest BCUT2D eigenvalue weighted by Crippen LogP contribution is 2.39. The molecule has 1 atom stereocenters. The zero-order valence-electron chi connectivity index (χ0n) is 20.1. The van der Waals surface area contributed by atoms with Crippen LogP contribution in [0.2, 0.25) is 0 Å². The number of methoxy groups -OCH3 is 2.